The summed E-state index contributed by atoms with van der Waals surface area (Å²) in [6.45, 7) is 0. The molecular weight excluding hydrogens is 266 g/mol. The zero-order valence-corrected chi connectivity index (χ0v) is 10.8. The van der Waals surface area contributed by atoms with Gasteiger partial charge in [0, 0.05) is 11.1 Å². The molecule has 0 aliphatic heterocycles. The molecule has 0 spiro atoms. The van der Waals surface area contributed by atoms with Crippen molar-refractivity contribution < 1.29 is 9.84 Å². The molecule has 0 saturated heterocycles. The third kappa shape index (κ3) is 2.08. The smallest absolute Gasteiger partial charge is 0.162 e. The van der Waals surface area contributed by atoms with Gasteiger partial charge in [0.25, 0.3) is 0 Å². The Morgan fingerprint density at radius 3 is 2.68 bits per heavy atom. The zero-order chi connectivity index (χ0) is 13.4. The van der Waals surface area contributed by atoms with Gasteiger partial charge in [-0.15, -0.1) is 10.2 Å². The molecule has 0 aliphatic rings. The number of ether oxygens (including phenoxy) is 1. The van der Waals surface area contributed by atoms with Crippen molar-refractivity contribution in [3.63, 3.8) is 0 Å². The quantitative estimate of drug-likeness (QED) is 0.781. The predicted molar refractivity (Wildman–Crippen MR) is 72.1 cm³/mol. The van der Waals surface area contributed by atoms with Gasteiger partial charge in [0.05, 0.1) is 12.8 Å². The average molecular weight is 276 g/mol. The summed E-state index contributed by atoms with van der Waals surface area (Å²) >= 11 is 5.91. The first kappa shape index (κ1) is 11.8. The molecule has 1 aromatic heterocycles. The van der Waals surface area contributed by atoms with Crippen LogP contribution in [0.5, 0.6) is 11.5 Å². The number of halogens is 1. The van der Waals surface area contributed by atoms with Crippen LogP contribution in [0.3, 0.4) is 0 Å². The highest BCUT2D eigenvalue weighted by Gasteiger charge is 2.08. The summed E-state index contributed by atoms with van der Waals surface area (Å²) in [6, 6.07) is 10.2. The molecule has 0 bridgehead atoms. The van der Waals surface area contributed by atoms with Crippen LogP contribution in [0, 0.1) is 0 Å². The van der Waals surface area contributed by atoms with E-state index in [0.29, 0.717) is 22.0 Å². The summed E-state index contributed by atoms with van der Waals surface area (Å²) in [5, 5.41) is 18.9. The summed E-state index contributed by atoms with van der Waals surface area (Å²) in [5.41, 5.74) is 2.15. The van der Waals surface area contributed by atoms with Crippen molar-refractivity contribution in [3.8, 4) is 17.2 Å². The molecule has 19 heavy (non-hydrogen) atoms. The van der Waals surface area contributed by atoms with Crippen LogP contribution in [0.4, 0.5) is 0 Å². The lowest BCUT2D eigenvalue weighted by Crippen LogP contribution is -1.98. The Bertz CT molecular complexity index is 755. The van der Waals surface area contributed by atoms with Gasteiger partial charge in [0.1, 0.15) is 11.0 Å². The minimum atomic E-state index is 0.0750. The number of fused-ring (bicyclic) bond motifs is 1. The summed E-state index contributed by atoms with van der Waals surface area (Å²) in [7, 11) is 1.49. The van der Waals surface area contributed by atoms with Gasteiger partial charge in [-0.1, -0.05) is 11.6 Å². The van der Waals surface area contributed by atoms with Gasteiger partial charge in [0.2, 0.25) is 0 Å². The highest BCUT2D eigenvalue weighted by molar-refractivity contribution is 6.31. The van der Waals surface area contributed by atoms with Crippen LogP contribution in [0.1, 0.15) is 0 Å². The van der Waals surface area contributed by atoms with E-state index >= 15 is 0 Å². The number of benzene rings is 2. The lowest BCUT2D eigenvalue weighted by atomic mass is 10.3. The monoisotopic (exact) mass is 275 g/mol. The van der Waals surface area contributed by atoms with E-state index in [-0.39, 0.29) is 5.75 Å². The second-order valence-corrected chi connectivity index (χ2v) is 4.42. The Kier molecular flexibility index (Phi) is 2.76. The van der Waals surface area contributed by atoms with E-state index in [1.54, 1.807) is 30.3 Å². The van der Waals surface area contributed by atoms with Gasteiger partial charge in [0.15, 0.2) is 11.5 Å². The Morgan fingerprint density at radius 2 is 1.89 bits per heavy atom. The number of aromatic hydroxyl groups is 1. The van der Waals surface area contributed by atoms with E-state index in [1.165, 1.54) is 18.0 Å². The first-order valence-electron chi connectivity index (χ1n) is 5.57. The third-order valence-electron chi connectivity index (χ3n) is 2.74. The second-order valence-electron chi connectivity index (χ2n) is 3.98. The molecule has 3 aromatic rings. The van der Waals surface area contributed by atoms with Crippen molar-refractivity contribution in [2.24, 2.45) is 0 Å². The van der Waals surface area contributed by atoms with E-state index in [1.807, 2.05) is 0 Å². The minimum Gasteiger partial charge on any atom is -0.504 e. The van der Waals surface area contributed by atoms with E-state index in [9.17, 15) is 5.11 Å². The Hall–Kier alpha value is -2.27. The fourth-order valence-corrected chi connectivity index (χ4v) is 1.96. The van der Waals surface area contributed by atoms with Gasteiger partial charge >= 0.3 is 0 Å². The zero-order valence-electron chi connectivity index (χ0n) is 10.0. The van der Waals surface area contributed by atoms with Crippen molar-refractivity contribution in [2.75, 3.05) is 7.11 Å². The third-order valence-corrected chi connectivity index (χ3v) is 2.97. The van der Waals surface area contributed by atoms with Crippen molar-refractivity contribution in [3.05, 3.63) is 41.4 Å². The number of nitrogens with zero attached hydrogens (tertiary/aromatic N) is 3. The van der Waals surface area contributed by atoms with E-state index in [4.69, 9.17) is 16.3 Å². The summed E-state index contributed by atoms with van der Waals surface area (Å²) in [4.78, 5) is 1.48. The van der Waals surface area contributed by atoms with Crippen LogP contribution in [-0.2, 0) is 0 Å². The first-order valence-corrected chi connectivity index (χ1v) is 5.95. The number of rotatable bonds is 2. The van der Waals surface area contributed by atoms with Gasteiger partial charge in [-0.05, 0) is 30.3 Å². The first-order chi connectivity index (χ1) is 9.17. The van der Waals surface area contributed by atoms with Crippen molar-refractivity contribution in [2.45, 2.75) is 0 Å². The number of hydrogen-bond acceptors (Lipinski definition) is 4. The Balaban J connectivity index is 2.13. The maximum atomic E-state index is 9.57. The average Bonchev–Trinajstić information content (AvgIpc) is 2.82. The molecule has 96 valence electrons. The molecule has 0 aliphatic carbocycles. The summed E-state index contributed by atoms with van der Waals surface area (Å²) < 4.78 is 5.06. The number of aromatic nitrogens is 3. The fraction of sp³-hybridized carbons (Fsp3) is 0.0769. The molecule has 1 heterocycles. The van der Waals surface area contributed by atoms with E-state index < -0.39 is 0 Å². The molecule has 0 amide bonds. The number of methoxy groups -OCH3 is 1. The van der Waals surface area contributed by atoms with Crippen LogP contribution in [0.25, 0.3) is 16.7 Å². The highest BCUT2D eigenvalue weighted by atomic mass is 35.5. The molecule has 6 heteroatoms. The van der Waals surface area contributed by atoms with Gasteiger partial charge < -0.3 is 9.84 Å². The van der Waals surface area contributed by atoms with Crippen LogP contribution >= 0.6 is 11.6 Å². The lowest BCUT2D eigenvalue weighted by Gasteiger charge is -2.05. The number of hydrogen-bond donors (Lipinski definition) is 1. The Morgan fingerprint density at radius 1 is 1.11 bits per heavy atom. The molecular formula is C13H10ClN3O2. The normalized spacial score (nSPS) is 10.8. The highest BCUT2D eigenvalue weighted by Crippen LogP contribution is 2.28. The molecule has 3 rings (SSSR count). The number of phenolic OH excluding ortho intramolecular Hbond substituents is 1. The van der Waals surface area contributed by atoms with Crippen LogP contribution in [-0.4, -0.2) is 27.2 Å². The molecule has 0 radical (unpaired) electrons. The van der Waals surface area contributed by atoms with Crippen LogP contribution < -0.4 is 4.74 Å². The standard InChI is InChI=1S/C13H10ClN3O2/c1-19-13-7-9(3-5-12(13)18)17-15-10-4-2-8(14)6-11(10)16-17/h2-7,18H,1H3. The maximum Gasteiger partial charge on any atom is 0.162 e. The van der Waals surface area contributed by atoms with Gasteiger partial charge in [-0.3, -0.25) is 0 Å². The minimum absolute atomic E-state index is 0.0750. The van der Waals surface area contributed by atoms with Crippen LogP contribution in [0.15, 0.2) is 36.4 Å². The summed E-state index contributed by atoms with van der Waals surface area (Å²) in [5.74, 6) is 0.447. The molecule has 0 fully saturated rings. The molecule has 0 saturated carbocycles. The van der Waals surface area contributed by atoms with Gasteiger partial charge in [-0.2, -0.15) is 4.80 Å². The second kappa shape index (κ2) is 4.44. The van der Waals surface area contributed by atoms with E-state index in [0.717, 1.165) is 5.52 Å². The van der Waals surface area contributed by atoms with Crippen molar-refractivity contribution in [1.29, 1.82) is 0 Å². The molecule has 0 atom stereocenters. The SMILES string of the molecule is COc1cc(-n2nc3ccc(Cl)cc3n2)ccc1O. The molecule has 5 nitrogen and oxygen atoms in total. The molecule has 1 N–H and O–H groups in total. The van der Waals surface area contributed by atoms with Gasteiger partial charge in [-0.25, -0.2) is 0 Å². The van der Waals surface area contributed by atoms with Crippen LogP contribution in [0.2, 0.25) is 5.02 Å². The largest absolute Gasteiger partial charge is 0.504 e. The lowest BCUT2D eigenvalue weighted by molar-refractivity contribution is 0.373. The Labute approximate surface area is 114 Å². The van der Waals surface area contributed by atoms with E-state index in [2.05, 4.69) is 10.2 Å². The maximum absolute atomic E-state index is 9.57. The number of phenols is 1. The van der Waals surface area contributed by atoms with Crippen molar-refractivity contribution in [1.82, 2.24) is 15.0 Å². The topological polar surface area (TPSA) is 60.2 Å². The van der Waals surface area contributed by atoms with Crippen molar-refractivity contribution >= 4 is 22.6 Å². The molecule has 0 unspecified atom stereocenters. The molecule has 2 aromatic carbocycles. The fourth-order valence-electron chi connectivity index (χ4n) is 1.79. The predicted octanol–water partition coefficient (Wildman–Crippen LogP) is 2.79. The summed E-state index contributed by atoms with van der Waals surface area (Å²) in [6.07, 6.45) is 0.